The van der Waals surface area contributed by atoms with Crippen molar-refractivity contribution in [3.05, 3.63) is 75.5 Å². The average molecular weight is 390 g/mol. The molecule has 1 atom stereocenters. The Balaban J connectivity index is 1.97. The van der Waals surface area contributed by atoms with Gasteiger partial charge in [0, 0.05) is 5.56 Å². The molecule has 0 aliphatic rings. The zero-order valence-corrected chi connectivity index (χ0v) is 15.8. The molecule has 0 fully saturated rings. The van der Waals surface area contributed by atoms with Crippen LogP contribution in [0.4, 0.5) is 0 Å². The highest BCUT2D eigenvalue weighted by atomic mass is 35.5. The van der Waals surface area contributed by atoms with E-state index in [0.29, 0.717) is 27.8 Å². The topological polar surface area (TPSA) is 52.3 Å². The lowest BCUT2D eigenvalue weighted by Gasteiger charge is -2.16. The predicted octanol–water partition coefficient (Wildman–Crippen LogP) is 6.26. The largest absolute Gasteiger partial charge is 0.454 e. The van der Waals surface area contributed by atoms with Crippen LogP contribution < -0.4 is 0 Å². The van der Waals surface area contributed by atoms with Gasteiger partial charge in [0.2, 0.25) is 0 Å². The number of aromatic nitrogens is 1. The third-order valence-electron chi connectivity index (χ3n) is 4.06. The third kappa shape index (κ3) is 3.62. The number of hydrogen-bond donors (Lipinski definition) is 0. The van der Waals surface area contributed by atoms with Gasteiger partial charge in [-0.05, 0) is 31.0 Å². The fourth-order valence-electron chi connectivity index (χ4n) is 2.75. The van der Waals surface area contributed by atoms with E-state index in [2.05, 4.69) is 5.16 Å². The van der Waals surface area contributed by atoms with Crippen LogP contribution in [-0.4, -0.2) is 11.1 Å². The van der Waals surface area contributed by atoms with Crippen molar-refractivity contribution in [2.24, 2.45) is 0 Å². The van der Waals surface area contributed by atoms with Gasteiger partial charge in [0.05, 0.1) is 10.0 Å². The lowest BCUT2D eigenvalue weighted by molar-refractivity contribution is 0.0287. The molecule has 2 aromatic carbocycles. The molecule has 0 aliphatic carbocycles. The quantitative estimate of drug-likeness (QED) is 0.482. The summed E-state index contributed by atoms with van der Waals surface area (Å²) in [6, 6.07) is 14.7. The highest BCUT2D eigenvalue weighted by molar-refractivity contribution is 6.39. The van der Waals surface area contributed by atoms with Crippen LogP contribution in [0.3, 0.4) is 0 Å². The fourth-order valence-corrected chi connectivity index (χ4v) is 3.33. The van der Waals surface area contributed by atoms with Gasteiger partial charge in [-0.15, -0.1) is 0 Å². The molecule has 134 valence electrons. The summed E-state index contributed by atoms with van der Waals surface area (Å²) in [7, 11) is 0. The predicted molar refractivity (Wildman–Crippen MR) is 102 cm³/mol. The molecule has 3 rings (SSSR count). The molecule has 0 radical (unpaired) electrons. The lowest BCUT2D eigenvalue weighted by atomic mass is 10.0. The van der Waals surface area contributed by atoms with Crippen LogP contribution in [0.25, 0.3) is 11.3 Å². The van der Waals surface area contributed by atoms with Crippen molar-refractivity contribution < 1.29 is 14.1 Å². The van der Waals surface area contributed by atoms with Gasteiger partial charge < -0.3 is 9.26 Å². The second kappa shape index (κ2) is 7.94. The summed E-state index contributed by atoms with van der Waals surface area (Å²) < 4.78 is 11.0. The molecule has 4 nitrogen and oxygen atoms in total. The van der Waals surface area contributed by atoms with Crippen LogP contribution in [0.5, 0.6) is 0 Å². The normalized spacial score (nSPS) is 12.0. The second-order valence-corrected chi connectivity index (χ2v) is 6.59. The molecule has 0 aliphatic heterocycles. The van der Waals surface area contributed by atoms with Gasteiger partial charge >= 0.3 is 5.97 Å². The monoisotopic (exact) mass is 389 g/mol. The van der Waals surface area contributed by atoms with Crippen molar-refractivity contribution in [2.45, 2.75) is 26.4 Å². The summed E-state index contributed by atoms with van der Waals surface area (Å²) >= 11 is 12.5. The first-order valence-electron chi connectivity index (χ1n) is 8.19. The Morgan fingerprint density at radius 3 is 2.38 bits per heavy atom. The molecule has 3 aromatic rings. The Kier molecular flexibility index (Phi) is 5.64. The van der Waals surface area contributed by atoms with E-state index in [-0.39, 0.29) is 17.4 Å². The van der Waals surface area contributed by atoms with E-state index in [4.69, 9.17) is 32.5 Å². The summed E-state index contributed by atoms with van der Waals surface area (Å²) in [6.45, 7) is 3.61. The molecule has 0 spiro atoms. The smallest absolute Gasteiger partial charge is 0.344 e. The van der Waals surface area contributed by atoms with Crippen molar-refractivity contribution in [1.29, 1.82) is 0 Å². The van der Waals surface area contributed by atoms with Gasteiger partial charge in [0.15, 0.2) is 0 Å². The molecule has 0 saturated carbocycles. The number of rotatable bonds is 5. The van der Waals surface area contributed by atoms with E-state index < -0.39 is 5.97 Å². The van der Waals surface area contributed by atoms with Crippen molar-refractivity contribution in [3.63, 3.8) is 0 Å². The standard InChI is InChI=1S/C20H17Cl2NO3/c1-3-16(13-8-5-4-6-9-13)25-20(24)17-12(2)26-23-19(17)18-14(21)10-7-11-15(18)22/h4-11,16H,3H2,1-2H3. The van der Waals surface area contributed by atoms with E-state index >= 15 is 0 Å². The summed E-state index contributed by atoms with van der Waals surface area (Å²) in [4.78, 5) is 12.9. The average Bonchev–Trinajstić information content (AvgIpc) is 3.01. The third-order valence-corrected chi connectivity index (χ3v) is 4.69. The maximum Gasteiger partial charge on any atom is 0.344 e. The van der Waals surface area contributed by atoms with Crippen molar-refractivity contribution in [3.8, 4) is 11.3 Å². The van der Waals surface area contributed by atoms with Gasteiger partial charge in [-0.2, -0.15) is 0 Å². The molecule has 0 bridgehead atoms. The maximum absolute atomic E-state index is 12.9. The van der Waals surface area contributed by atoms with Gasteiger partial charge in [0.1, 0.15) is 23.1 Å². The Hall–Kier alpha value is -2.30. The van der Waals surface area contributed by atoms with Crippen LogP contribution >= 0.6 is 23.2 Å². The Labute approximate surface area is 161 Å². The van der Waals surface area contributed by atoms with Crippen molar-refractivity contribution >= 4 is 29.2 Å². The van der Waals surface area contributed by atoms with Crippen molar-refractivity contribution in [1.82, 2.24) is 5.16 Å². The van der Waals surface area contributed by atoms with Crippen LogP contribution in [0.15, 0.2) is 53.1 Å². The minimum Gasteiger partial charge on any atom is -0.454 e. The number of esters is 1. The number of nitrogens with zero attached hydrogens (tertiary/aromatic N) is 1. The van der Waals surface area contributed by atoms with Crippen LogP contribution in [0.2, 0.25) is 10.0 Å². The molecule has 1 unspecified atom stereocenters. The van der Waals surface area contributed by atoms with E-state index in [0.717, 1.165) is 5.56 Å². The summed E-state index contributed by atoms with van der Waals surface area (Å²) in [5.74, 6) is -0.172. The number of hydrogen-bond acceptors (Lipinski definition) is 4. The number of carbonyl (C=O) groups excluding carboxylic acids is 1. The molecule has 26 heavy (non-hydrogen) atoms. The summed E-state index contributed by atoms with van der Waals surface area (Å²) in [5, 5.41) is 4.76. The molecule has 1 aromatic heterocycles. The van der Waals surface area contributed by atoms with Gasteiger partial charge in [-0.1, -0.05) is 71.7 Å². The van der Waals surface area contributed by atoms with Crippen LogP contribution in [0, 0.1) is 6.92 Å². The molecule has 0 amide bonds. The first-order valence-corrected chi connectivity index (χ1v) is 8.95. The fraction of sp³-hybridized carbons (Fsp3) is 0.200. The number of aryl methyl sites for hydroxylation is 1. The highest BCUT2D eigenvalue weighted by Gasteiger charge is 2.27. The Morgan fingerprint density at radius 1 is 1.12 bits per heavy atom. The van der Waals surface area contributed by atoms with Gasteiger partial charge in [-0.25, -0.2) is 4.79 Å². The molecule has 0 saturated heterocycles. The Morgan fingerprint density at radius 2 is 1.77 bits per heavy atom. The van der Waals surface area contributed by atoms with E-state index in [1.807, 2.05) is 37.3 Å². The highest BCUT2D eigenvalue weighted by Crippen LogP contribution is 2.37. The molecular weight excluding hydrogens is 373 g/mol. The van der Waals surface area contributed by atoms with E-state index in [9.17, 15) is 4.79 Å². The first kappa shape index (κ1) is 18.5. The lowest BCUT2D eigenvalue weighted by Crippen LogP contribution is -2.12. The minimum absolute atomic E-state index is 0.231. The molecule has 6 heteroatoms. The Bertz CT molecular complexity index is 902. The zero-order chi connectivity index (χ0) is 18.7. The molecular formula is C20H17Cl2NO3. The van der Waals surface area contributed by atoms with E-state index in [1.54, 1.807) is 25.1 Å². The zero-order valence-electron chi connectivity index (χ0n) is 14.3. The van der Waals surface area contributed by atoms with E-state index in [1.165, 1.54) is 0 Å². The molecule has 0 N–H and O–H groups in total. The number of halogens is 2. The molecule has 1 heterocycles. The number of carbonyl (C=O) groups is 1. The van der Waals surface area contributed by atoms with Crippen molar-refractivity contribution in [2.75, 3.05) is 0 Å². The SMILES string of the molecule is CCC(OC(=O)c1c(-c2c(Cl)cccc2Cl)noc1C)c1ccccc1. The number of benzene rings is 2. The van der Waals surface area contributed by atoms with Crippen LogP contribution in [0.1, 0.15) is 41.1 Å². The van der Waals surface area contributed by atoms with Gasteiger partial charge in [-0.3, -0.25) is 0 Å². The van der Waals surface area contributed by atoms with Gasteiger partial charge in [0.25, 0.3) is 0 Å². The maximum atomic E-state index is 12.9. The second-order valence-electron chi connectivity index (χ2n) is 5.77. The summed E-state index contributed by atoms with van der Waals surface area (Å²) in [5.41, 5.74) is 1.89. The number of ether oxygens (including phenoxy) is 1. The minimum atomic E-state index is -0.523. The first-order chi connectivity index (χ1) is 12.5. The van der Waals surface area contributed by atoms with Crippen LogP contribution in [-0.2, 0) is 4.74 Å². The summed E-state index contributed by atoms with van der Waals surface area (Å²) in [6.07, 6.45) is 0.273.